The summed E-state index contributed by atoms with van der Waals surface area (Å²) in [4.78, 5) is 24.4. The number of nitrogens with one attached hydrogen (secondary N) is 1. The van der Waals surface area contributed by atoms with Crippen LogP contribution in [0.3, 0.4) is 0 Å². The number of carbonyl (C=O) groups is 2. The number of ether oxygens (including phenoxy) is 1. The Morgan fingerprint density at radius 3 is 2.65 bits per heavy atom. The minimum atomic E-state index is -1.07. The molecule has 4 rings (SSSR count). The van der Waals surface area contributed by atoms with Gasteiger partial charge in [0.05, 0.1) is 30.5 Å². The number of amides is 1. The first-order valence-corrected chi connectivity index (χ1v) is 8.64. The van der Waals surface area contributed by atoms with E-state index in [4.69, 9.17) is 4.74 Å². The number of aromatic carboxylic acids is 1. The van der Waals surface area contributed by atoms with Crippen LogP contribution < -0.4 is 5.32 Å². The molecular weight excluding hydrogens is 339 g/mol. The summed E-state index contributed by atoms with van der Waals surface area (Å²) in [5.74, 6) is -1.39. The maximum Gasteiger partial charge on any atom is 0.337 e. The summed E-state index contributed by atoms with van der Waals surface area (Å²) in [6.07, 6.45) is 2.01. The highest BCUT2D eigenvalue weighted by Crippen LogP contribution is 2.41. The maximum atomic E-state index is 13.2. The quantitative estimate of drug-likeness (QED) is 0.861. The maximum absolute atomic E-state index is 13.2. The third-order valence-electron chi connectivity index (χ3n) is 4.98. The highest BCUT2D eigenvalue weighted by Gasteiger charge is 2.35. The number of carboxylic acids is 1. The van der Waals surface area contributed by atoms with E-state index < -0.39 is 5.97 Å². The molecule has 2 heterocycles. The molecule has 26 heavy (non-hydrogen) atoms. The molecule has 1 amide bonds. The molecule has 6 nitrogen and oxygen atoms in total. The summed E-state index contributed by atoms with van der Waals surface area (Å²) in [6.45, 7) is 1.06. The molecular formula is C19H19FN2O4. The smallest absolute Gasteiger partial charge is 0.337 e. The second-order valence-electron chi connectivity index (χ2n) is 6.74. The van der Waals surface area contributed by atoms with E-state index in [0.29, 0.717) is 30.5 Å². The first kappa shape index (κ1) is 16.8. The molecule has 7 heteroatoms. The summed E-state index contributed by atoms with van der Waals surface area (Å²) in [6, 6.07) is 7.34. The van der Waals surface area contributed by atoms with E-state index in [1.54, 1.807) is 16.7 Å². The fraction of sp³-hybridized carbons (Fsp3) is 0.368. The SMILES string of the molecule is O=C(O)c1cc(C(=O)N[C@H](c2ccc(F)cc2)C2CC2)n2c1COCC2. The monoisotopic (exact) mass is 358 g/mol. The molecule has 0 radical (unpaired) electrons. The van der Waals surface area contributed by atoms with Crippen molar-refractivity contribution in [2.45, 2.75) is 32.0 Å². The Morgan fingerprint density at radius 1 is 1.27 bits per heavy atom. The van der Waals surface area contributed by atoms with E-state index in [0.717, 1.165) is 18.4 Å². The van der Waals surface area contributed by atoms with E-state index in [-0.39, 0.29) is 29.9 Å². The zero-order chi connectivity index (χ0) is 18.3. The van der Waals surface area contributed by atoms with Gasteiger partial charge in [-0.25, -0.2) is 9.18 Å². The van der Waals surface area contributed by atoms with Crippen LogP contribution in [0.2, 0.25) is 0 Å². The van der Waals surface area contributed by atoms with Crippen LogP contribution in [0.5, 0.6) is 0 Å². The van der Waals surface area contributed by atoms with Crippen LogP contribution in [0.1, 0.15) is 51.0 Å². The number of hydrogen-bond acceptors (Lipinski definition) is 3. The van der Waals surface area contributed by atoms with Crippen LogP contribution in [0, 0.1) is 11.7 Å². The van der Waals surface area contributed by atoms with E-state index in [2.05, 4.69) is 5.32 Å². The Balaban J connectivity index is 1.63. The number of hydrogen-bond donors (Lipinski definition) is 2. The van der Waals surface area contributed by atoms with Gasteiger partial charge in [-0.2, -0.15) is 0 Å². The van der Waals surface area contributed by atoms with Gasteiger partial charge in [0, 0.05) is 6.54 Å². The van der Waals surface area contributed by atoms with E-state index in [1.807, 2.05) is 0 Å². The summed E-state index contributed by atoms with van der Waals surface area (Å²) in [7, 11) is 0. The van der Waals surface area contributed by atoms with Crippen LogP contribution in [0.4, 0.5) is 4.39 Å². The summed E-state index contributed by atoms with van der Waals surface area (Å²) in [5, 5.41) is 12.4. The number of fused-ring (bicyclic) bond motifs is 1. The molecule has 136 valence electrons. The number of benzene rings is 1. The van der Waals surface area contributed by atoms with Gasteiger partial charge in [-0.15, -0.1) is 0 Å². The van der Waals surface area contributed by atoms with Crippen molar-refractivity contribution in [1.82, 2.24) is 9.88 Å². The summed E-state index contributed by atoms with van der Waals surface area (Å²) < 4.78 is 20.3. The predicted octanol–water partition coefficient (Wildman–Crippen LogP) is 2.74. The minimum Gasteiger partial charge on any atom is -0.478 e. The molecule has 0 bridgehead atoms. The summed E-state index contributed by atoms with van der Waals surface area (Å²) in [5.41, 5.74) is 1.79. The molecule has 0 saturated heterocycles. The number of carboxylic acid groups (broad SMARTS) is 1. The third-order valence-corrected chi connectivity index (χ3v) is 4.98. The van der Waals surface area contributed by atoms with Crippen molar-refractivity contribution in [2.75, 3.05) is 6.61 Å². The van der Waals surface area contributed by atoms with Gasteiger partial charge < -0.3 is 19.7 Å². The Morgan fingerprint density at radius 2 is 2.00 bits per heavy atom. The average molecular weight is 358 g/mol. The van der Waals surface area contributed by atoms with Crippen molar-refractivity contribution < 1.29 is 23.8 Å². The lowest BCUT2D eigenvalue weighted by Crippen LogP contribution is -2.32. The number of carbonyl (C=O) groups excluding carboxylic acids is 1. The number of rotatable bonds is 5. The lowest BCUT2D eigenvalue weighted by Gasteiger charge is -2.22. The van der Waals surface area contributed by atoms with Gasteiger partial charge in [-0.3, -0.25) is 4.79 Å². The topological polar surface area (TPSA) is 80.6 Å². The van der Waals surface area contributed by atoms with Crippen LogP contribution in [0.15, 0.2) is 30.3 Å². The molecule has 1 aromatic carbocycles. The number of nitrogens with zero attached hydrogens (tertiary/aromatic N) is 1. The van der Waals surface area contributed by atoms with Crippen LogP contribution in [0.25, 0.3) is 0 Å². The van der Waals surface area contributed by atoms with Crippen molar-refractivity contribution in [1.29, 1.82) is 0 Å². The number of halogens is 1. The Bertz CT molecular complexity index is 855. The molecule has 2 aliphatic rings. The van der Waals surface area contributed by atoms with Crippen LogP contribution in [-0.4, -0.2) is 28.2 Å². The van der Waals surface area contributed by atoms with E-state index in [9.17, 15) is 19.1 Å². The highest BCUT2D eigenvalue weighted by molar-refractivity contribution is 5.98. The molecule has 2 aromatic rings. The van der Waals surface area contributed by atoms with Gasteiger partial charge in [0.2, 0.25) is 0 Å². The standard InChI is InChI=1S/C19H19FN2O4/c20-13-5-3-12(4-6-13)17(11-1-2-11)21-18(23)15-9-14(19(24)25)16-10-26-8-7-22(15)16/h3-6,9,11,17H,1-2,7-8,10H2,(H,21,23)(H,24,25)/t17-/m0/s1. The Labute approximate surface area is 149 Å². The van der Waals surface area contributed by atoms with Crippen LogP contribution in [-0.2, 0) is 17.9 Å². The average Bonchev–Trinajstić information content (AvgIpc) is 3.39. The van der Waals surface area contributed by atoms with Crippen molar-refractivity contribution in [2.24, 2.45) is 5.92 Å². The third kappa shape index (κ3) is 3.10. The first-order chi connectivity index (χ1) is 12.5. The van der Waals surface area contributed by atoms with Crippen molar-refractivity contribution in [3.63, 3.8) is 0 Å². The molecule has 0 spiro atoms. The van der Waals surface area contributed by atoms with Crippen molar-refractivity contribution >= 4 is 11.9 Å². The fourth-order valence-electron chi connectivity index (χ4n) is 3.49. The second kappa shape index (κ2) is 6.57. The van der Waals surface area contributed by atoms with E-state index >= 15 is 0 Å². The predicted molar refractivity (Wildman–Crippen MR) is 90.4 cm³/mol. The number of aromatic nitrogens is 1. The normalized spacial score (nSPS) is 17.4. The molecule has 1 fully saturated rings. The Kier molecular flexibility index (Phi) is 4.24. The molecule has 1 aromatic heterocycles. The van der Waals surface area contributed by atoms with Crippen molar-refractivity contribution in [3.05, 3.63) is 58.7 Å². The fourth-order valence-corrected chi connectivity index (χ4v) is 3.49. The zero-order valence-corrected chi connectivity index (χ0v) is 14.1. The molecule has 0 unspecified atom stereocenters. The van der Waals surface area contributed by atoms with Gasteiger partial charge in [-0.05, 0) is 42.5 Å². The molecule has 1 aliphatic carbocycles. The van der Waals surface area contributed by atoms with E-state index in [1.165, 1.54) is 18.2 Å². The van der Waals surface area contributed by atoms with Crippen molar-refractivity contribution in [3.8, 4) is 0 Å². The molecule has 1 aliphatic heterocycles. The second-order valence-corrected chi connectivity index (χ2v) is 6.74. The molecule has 1 saturated carbocycles. The molecule has 1 atom stereocenters. The highest BCUT2D eigenvalue weighted by atomic mass is 19.1. The van der Waals surface area contributed by atoms with Crippen LogP contribution >= 0.6 is 0 Å². The lowest BCUT2D eigenvalue weighted by atomic mass is 10.0. The largest absolute Gasteiger partial charge is 0.478 e. The summed E-state index contributed by atoms with van der Waals surface area (Å²) >= 11 is 0. The van der Waals surface area contributed by atoms with Gasteiger partial charge >= 0.3 is 5.97 Å². The first-order valence-electron chi connectivity index (χ1n) is 8.64. The Hall–Kier alpha value is -2.67. The van der Waals surface area contributed by atoms with Gasteiger partial charge in [0.1, 0.15) is 11.5 Å². The van der Waals surface area contributed by atoms with Gasteiger partial charge in [0.15, 0.2) is 0 Å². The van der Waals surface area contributed by atoms with Gasteiger partial charge in [0.25, 0.3) is 5.91 Å². The molecule has 2 N–H and O–H groups in total. The lowest BCUT2D eigenvalue weighted by molar-refractivity contribution is 0.0656. The van der Waals surface area contributed by atoms with Gasteiger partial charge in [-0.1, -0.05) is 12.1 Å². The minimum absolute atomic E-state index is 0.0969. The zero-order valence-electron chi connectivity index (χ0n) is 14.1.